The highest BCUT2D eigenvalue weighted by Gasteiger charge is 2.25. The highest BCUT2D eigenvalue weighted by atomic mass is 32.1. The normalized spacial score (nSPS) is 18.9. The van der Waals surface area contributed by atoms with E-state index in [0.717, 1.165) is 18.1 Å². The quantitative estimate of drug-likeness (QED) is 0.843. The van der Waals surface area contributed by atoms with Gasteiger partial charge in [-0.15, -0.1) is 11.3 Å². The van der Waals surface area contributed by atoms with Gasteiger partial charge in [0.25, 0.3) is 5.91 Å². The average molecular weight is 310 g/mol. The van der Waals surface area contributed by atoms with Crippen LogP contribution in [0.1, 0.15) is 55.2 Å². The summed E-state index contributed by atoms with van der Waals surface area (Å²) in [6, 6.07) is 0.285. The summed E-state index contributed by atoms with van der Waals surface area (Å²) in [6.07, 6.45) is 2.53. The fourth-order valence-corrected chi connectivity index (χ4v) is 3.51. The van der Waals surface area contributed by atoms with Gasteiger partial charge in [-0.05, 0) is 38.8 Å². The zero-order valence-corrected chi connectivity index (χ0v) is 13.9. The molecule has 3 N–H and O–H groups in total. The lowest BCUT2D eigenvalue weighted by Gasteiger charge is -2.30. The van der Waals surface area contributed by atoms with Crippen LogP contribution in [-0.4, -0.2) is 41.5 Å². The molecule has 0 saturated carbocycles. The van der Waals surface area contributed by atoms with Gasteiger partial charge < -0.3 is 11.1 Å². The Morgan fingerprint density at radius 1 is 1.43 bits per heavy atom. The lowest BCUT2D eigenvalue weighted by atomic mass is 10.0. The molecule has 1 fully saturated rings. The van der Waals surface area contributed by atoms with Gasteiger partial charge in [-0.1, -0.05) is 13.8 Å². The van der Waals surface area contributed by atoms with Crippen LogP contribution >= 0.6 is 11.3 Å². The van der Waals surface area contributed by atoms with Gasteiger partial charge in [0.15, 0.2) is 0 Å². The molecule has 0 radical (unpaired) electrons. The van der Waals surface area contributed by atoms with Gasteiger partial charge in [-0.2, -0.15) is 0 Å². The maximum Gasteiger partial charge on any atom is 0.270 e. The first kappa shape index (κ1) is 16.4. The van der Waals surface area contributed by atoms with E-state index in [1.54, 1.807) is 5.38 Å². The number of hydrogen-bond donors (Lipinski definition) is 2. The van der Waals surface area contributed by atoms with Crippen molar-refractivity contribution in [3.8, 4) is 0 Å². The third kappa shape index (κ3) is 4.25. The van der Waals surface area contributed by atoms with Gasteiger partial charge in [0, 0.05) is 18.0 Å². The molecule has 0 aliphatic carbocycles. The van der Waals surface area contributed by atoms with Crippen molar-refractivity contribution in [1.29, 1.82) is 0 Å². The second-order valence-electron chi connectivity index (χ2n) is 6.12. The van der Waals surface area contributed by atoms with Gasteiger partial charge in [0.1, 0.15) is 10.7 Å². The number of thiazole rings is 1. The number of rotatable bonds is 6. The summed E-state index contributed by atoms with van der Waals surface area (Å²) in [6.45, 7) is 9.27. The Kier molecular flexibility index (Phi) is 5.72. The SMILES string of the molecule is CC(N)c1nc(C(=O)NCC(C(C)C)N2CCCC2)cs1. The monoisotopic (exact) mass is 310 g/mol. The molecule has 2 heterocycles. The molecule has 0 bridgehead atoms. The Morgan fingerprint density at radius 2 is 2.10 bits per heavy atom. The first-order valence-electron chi connectivity index (χ1n) is 7.72. The largest absolute Gasteiger partial charge is 0.349 e. The molecule has 118 valence electrons. The molecule has 1 aliphatic rings. The van der Waals surface area contributed by atoms with Gasteiger partial charge in [0.2, 0.25) is 0 Å². The number of carbonyl (C=O) groups excluding carboxylic acids is 1. The standard InChI is InChI=1S/C15H26N4OS/c1-10(2)13(19-6-4-5-7-19)8-17-14(20)12-9-21-15(18-12)11(3)16/h9-11,13H,4-8,16H2,1-3H3,(H,17,20). The van der Waals surface area contributed by atoms with Crippen LogP contribution in [0.2, 0.25) is 0 Å². The average Bonchev–Trinajstić information content (AvgIpc) is 3.09. The summed E-state index contributed by atoms with van der Waals surface area (Å²) in [7, 11) is 0. The molecule has 6 heteroatoms. The van der Waals surface area contributed by atoms with E-state index >= 15 is 0 Å². The molecule has 0 spiro atoms. The zero-order valence-electron chi connectivity index (χ0n) is 13.1. The van der Waals surface area contributed by atoms with Crippen LogP contribution in [0.25, 0.3) is 0 Å². The van der Waals surface area contributed by atoms with Crippen molar-refractivity contribution in [2.75, 3.05) is 19.6 Å². The topological polar surface area (TPSA) is 71.2 Å². The number of nitrogens with zero attached hydrogens (tertiary/aromatic N) is 2. The fourth-order valence-electron chi connectivity index (χ4n) is 2.75. The highest BCUT2D eigenvalue weighted by Crippen LogP contribution is 2.18. The summed E-state index contributed by atoms with van der Waals surface area (Å²) >= 11 is 1.44. The van der Waals surface area contributed by atoms with E-state index in [1.807, 2.05) is 6.92 Å². The van der Waals surface area contributed by atoms with Crippen LogP contribution in [0.5, 0.6) is 0 Å². The van der Waals surface area contributed by atoms with Crippen molar-refractivity contribution in [1.82, 2.24) is 15.2 Å². The minimum absolute atomic E-state index is 0.0944. The number of amides is 1. The summed E-state index contributed by atoms with van der Waals surface area (Å²) in [5.74, 6) is 0.432. The van der Waals surface area contributed by atoms with Crippen LogP contribution in [0, 0.1) is 5.92 Å². The zero-order chi connectivity index (χ0) is 15.4. The predicted octanol–water partition coefficient (Wildman–Crippen LogP) is 2.01. The van der Waals surface area contributed by atoms with Crippen LogP contribution in [-0.2, 0) is 0 Å². The molecule has 0 aromatic carbocycles. The first-order chi connectivity index (χ1) is 9.99. The molecule has 1 aliphatic heterocycles. The van der Waals surface area contributed by atoms with Crippen LogP contribution in [0.4, 0.5) is 0 Å². The van der Waals surface area contributed by atoms with Crippen LogP contribution < -0.4 is 11.1 Å². The smallest absolute Gasteiger partial charge is 0.270 e. The number of likely N-dealkylation sites (tertiary alicyclic amines) is 1. The number of carbonyl (C=O) groups is 1. The van der Waals surface area contributed by atoms with Gasteiger partial charge >= 0.3 is 0 Å². The van der Waals surface area contributed by atoms with E-state index < -0.39 is 0 Å². The summed E-state index contributed by atoms with van der Waals surface area (Å²) < 4.78 is 0. The molecule has 5 nitrogen and oxygen atoms in total. The Bertz CT molecular complexity index is 466. The van der Waals surface area contributed by atoms with E-state index in [9.17, 15) is 4.79 Å². The number of hydrogen-bond acceptors (Lipinski definition) is 5. The molecule has 1 aromatic heterocycles. The molecule has 2 atom stereocenters. The second-order valence-corrected chi connectivity index (χ2v) is 7.01. The third-order valence-electron chi connectivity index (χ3n) is 4.00. The highest BCUT2D eigenvalue weighted by molar-refractivity contribution is 7.09. The van der Waals surface area contributed by atoms with Crippen molar-refractivity contribution in [2.24, 2.45) is 11.7 Å². The third-order valence-corrected chi connectivity index (χ3v) is 5.04. The summed E-state index contributed by atoms with van der Waals surface area (Å²) in [5.41, 5.74) is 6.26. The summed E-state index contributed by atoms with van der Waals surface area (Å²) in [5, 5.41) is 5.62. The fraction of sp³-hybridized carbons (Fsp3) is 0.733. The Balaban J connectivity index is 1.91. The predicted molar refractivity (Wildman–Crippen MR) is 86.5 cm³/mol. The molecule has 2 rings (SSSR count). The van der Waals surface area contributed by atoms with E-state index in [-0.39, 0.29) is 11.9 Å². The lowest BCUT2D eigenvalue weighted by molar-refractivity contribution is 0.0923. The van der Waals surface area contributed by atoms with Crippen molar-refractivity contribution in [3.63, 3.8) is 0 Å². The second kappa shape index (κ2) is 7.33. The summed E-state index contributed by atoms with van der Waals surface area (Å²) in [4.78, 5) is 19.0. The maximum absolute atomic E-state index is 12.2. The Morgan fingerprint density at radius 3 is 2.62 bits per heavy atom. The number of aromatic nitrogens is 1. The Labute approximate surface area is 130 Å². The van der Waals surface area contributed by atoms with Crippen LogP contribution in [0.3, 0.4) is 0 Å². The molecule has 1 amide bonds. The van der Waals surface area contributed by atoms with E-state index in [1.165, 1.54) is 24.2 Å². The first-order valence-corrected chi connectivity index (χ1v) is 8.60. The van der Waals surface area contributed by atoms with E-state index in [0.29, 0.717) is 24.2 Å². The molecule has 1 saturated heterocycles. The minimum atomic E-state index is -0.121. The lowest BCUT2D eigenvalue weighted by Crippen LogP contribution is -2.45. The van der Waals surface area contributed by atoms with E-state index in [4.69, 9.17) is 5.73 Å². The van der Waals surface area contributed by atoms with Crippen LogP contribution in [0.15, 0.2) is 5.38 Å². The molecule has 1 aromatic rings. The van der Waals surface area contributed by atoms with Crippen molar-refractivity contribution >= 4 is 17.2 Å². The van der Waals surface area contributed by atoms with Gasteiger partial charge in [0.05, 0.1) is 6.04 Å². The Hall–Kier alpha value is -0.980. The van der Waals surface area contributed by atoms with Crippen molar-refractivity contribution in [3.05, 3.63) is 16.1 Å². The van der Waals surface area contributed by atoms with Gasteiger partial charge in [-0.3, -0.25) is 9.69 Å². The molecular formula is C15H26N4OS. The molecule has 2 unspecified atom stereocenters. The molecular weight excluding hydrogens is 284 g/mol. The number of nitrogens with two attached hydrogens (primary N) is 1. The minimum Gasteiger partial charge on any atom is -0.349 e. The van der Waals surface area contributed by atoms with Gasteiger partial charge in [-0.25, -0.2) is 4.98 Å². The molecule has 21 heavy (non-hydrogen) atoms. The maximum atomic E-state index is 12.2. The van der Waals surface area contributed by atoms with E-state index in [2.05, 4.69) is 29.0 Å². The van der Waals surface area contributed by atoms with Crippen molar-refractivity contribution < 1.29 is 4.79 Å². The van der Waals surface area contributed by atoms with Crippen molar-refractivity contribution in [2.45, 2.75) is 45.7 Å². The number of nitrogens with one attached hydrogen (secondary N) is 1.